The largest absolute Gasteiger partial charge is 0.448 e. The molecule has 1 atom stereocenters. The Labute approximate surface area is 45.1 Å². The molecule has 0 aliphatic carbocycles. The van der Waals surface area contributed by atoms with Crippen molar-refractivity contribution in [2.45, 2.75) is 0 Å². The van der Waals surface area contributed by atoms with Gasteiger partial charge in [-0.1, -0.05) is 0 Å². The van der Waals surface area contributed by atoms with Crippen molar-refractivity contribution < 1.29 is 9.92 Å². The highest BCUT2D eigenvalue weighted by molar-refractivity contribution is 14.2. The monoisotopic (exact) mass is 203 g/mol. The average molecular weight is 203 g/mol. The predicted octanol–water partition coefficient (Wildman–Crippen LogP) is 0.252. The molecule has 0 bridgehead atoms. The van der Waals surface area contributed by atoms with Gasteiger partial charge in [0.25, 0.3) is 0 Å². The molecule has 29 valence electrons. The number of hydrogen-bond acceptors (Lipinski definition) is 2. The van der Waals surface area contributed by atoms with E-state index >= 15 is 0 Å². The molecule has 0 aromatic rings. The van der Waals surface area contributed by atoms with Gasteiger partial charge in [0.2, 0.25) is 0 Å². The van der Waals surface area contributed by atoms with Gasteiger partial charge < -0.3 is 9.92 Å². The van der Waals surface area contributed by atoms with Crippen LogP contribution in [0.3, 0.4) is 0 Å². The van der Waals surface area contributed by atoms with Crippen molar-refractivity contribution in [3.63, 3.8) is 0 Å². The van der Waals surface area contributed by atoms with Crippen LogP contribution in [0.1, 0.15) is 0 Å². The van der Waals surface area contributed by atoms with Gasteiger partial charge >= 0.3 is 7.20 Å². The summed E-state index contributed by atoms with van der Waals surface area (Å²) in [5.41, 5.74) is -1.20. The Kier molecular flexibility index (Phi) is 4.10. The van der Waals surface area contributed by atoms with Gasteiger partial charge in [0.15, 0.2) is 0 Å². The zero-order valence-corrected chi connectivity index (χ0v) is 5.35. The summed E-state index contributed by atoms with van der Waals surface area (Å²) >= 11 is 1.72. The minimum atomic E-state index is -1.20. The number of halogens is 1. The fourth-order valence-electron chi connectivity index (χ4n) is 0. The quantitative estimate of drug-likeness (QED) is 0.364. The van der Waals surface area contributed by atoms with Crippen molar-refractivity contribution in [1.29, 1.82) is 0 Å². The first-order valence-corrected chi connectivity index (χ1v) is 5.03. The minimum Gasteiger partial charge on any atom is -0.448 e. The zero-order valence-electron chi connectivity index (χ0n) is 2.30. The Balaban J connectivity index is 2.54. The van der Waals surface area contributed by atoms with Crippen LogP contribution in [-0.4, -0.2) is 17.1 Å². The van der Waals surface area contributed by atoms with Crippen molar-refractivity contribution in [2.24, 2.45) is 0 Å². The van der Waals surface area contributed by atoms with Crippen LogP contribution in [0.2, 0.25) is 0 Å². The number of hydrogen-bond donors (Lipinski definition) is 2. The molecule has 0 spiro atoms. The van der Waals surface area contributed by atoms with Crippen LogP contribution in [0.4, 0.5) is 0 Å². The summed E-state index contributed by atoms with van der Waals surface area (Å²) in [5, 5.41) is 7.79. The van der Waals surface area contributed by atoms with Crippen molar-refractivity contribution in [1.82, 2.24) is 0 Å². The molecule has 0 saturated carbocycles. The lowest BCUT2D eigenvalue weighted by Crippen LogP contribution is -1.73. The van der Waals surface area contributed by atoms with Crippen LogP contribution in [0.5, 0.6) is 0 Å². The molecule has 2 nitrogen and oxygen atoms in total. The van der Waals surface area contributed by atoms with Crippen LogP contribution in [-0.2, 0) is 0 Å². The Hall–Kier alpha value is 1.14. The van der Waals surface area contributed by atoms with Gasteiger partial charge in [-0.25, -0.2) is 0 Å². The third kappa shape index (κ3) is 5.14. The Morgan fingerprint density at radius 2 is 2.00 bits per heavy atom. The van der Waals surface area contributed by atoms with E-state index in [-0.39, 0.29) is 0 Å². The van der Waals surface area contributed by atoms with E-state index in [4.69, 9.17) is 9.92 Å². The molecular weight excluding hydrogens is 201 g/mol. The molecule has 0 saturated heterocycles. The van der Waals surface area contributed by atoms with Crippen LogP contribution in [0.25, 0.3) is 0 Å². The van der Waals surface area contributed by atoms with E-state index in [1.165, 1.54) is 0 Å². The first kappa shape index (κ1) is 6.14. The molecule has 5 heteroatoms. The summed E-state index contributed by atoms with van der Waals surface area (Å²) in [6, 6.07) is 0. The van der Waals surface area contributed by atoms with Crippen LogP contribution in [0.15, 0.2) is 0 Å². The highest BCUT2D eigenvalue weighted by atomic mass is 127. The van der Waals surface area contributed by atoms with Crippen molar-refractivity contribution in [3.05, 3.63) is 0 Å². The van der Waals surface area contributed by atoms with Gasteiger partial charge in [0, 0.05) is 0 Å². The van der Waals surface area contributed by atoms with Crippen LogP contribution < -0.4 is 0 Å². The molecular formula is H2BIO2P. The molecule has 0 amide bonds. The second-order valence-electron chi connectivity index (χ2n) is 0.404. The van der Waals surface area contributed by atoms with E-state index in [0.717, 1.165) is 7.20 Å². The lowest BCUT2D eigenvalue weighted by molar-refractivity contribution is 0.604. The van der Waals surface area contributed by atoms with Gasteiger partial charge in [-0.15, -0.1) is 0 Å². The summed E-state index contributed by atoms with van der Waals surface area (Å²) in [4.78, 5) is 8.11. The first-order chi connectivity index (χ1) is 2.27. The topological polar surface area (TPSA) is 40.5 Å². The molecule has 0 aliphatic heterocycles. The highest BCUT2D eigenvalue weighted by Crippen LogP contribution is 2.35. The standard InChI is InChI=1S/BH2IO2P/c2-5(4)1-3/h3-4H. The molecule has 5 heavy (non-hydrogen) atoms. The molecule has 0 fully saturated rings. The summed E-state index contributed by atoms with van der Waals surface area (Å²) in [5.74, 6) is 0. The van der Waals surface area contributed by atoms with Gasteiger partial charge in [-0.05, 0) is 22.0 Å². The lowest BCUT2D eigenvalue weighted by atomic mass is 10.6. The number of rotatable bonds is 1. The van der Waals surface area contributed by atoms with E-state index in [9.17, 15) is 0 Å². The third-order valence-electron chi connectivity index (χ3n) is 0.0953. The third-order valence-corrected chi connectivity index (χ3v) is 1.03. The molecule has 0 aromatic carbocycles. The smallest absolute Gasteiger partial charge is 0.367 e. The van der Waals surface area contributed by atoms with Crippen LogP contribution in [0, 0.1) is 0 Å². The van der Waals surface area contributed by atoms with Crippen LogP contribution >= 0.6 is 27.7 Å². The molecule has 0 aliphatic rings. The summed E-state index contributed by atoms with van der Waals surface area (Å²) in [6.07, 6.45) is 0. The average Bonchev–Trinajstić information content (AvgIpc) is 1.38. The fourth-order valence-corrected chi connectivity index (χ4v) is 0. The first-order valence-electron chi connectivity index (χ1n) is 0.885. The van der Waals surface area contributed by atoms with E-state index < -0.39 is 5.67 Å². The molecule has 1 radical (unpaired) electrons. The Morgan fingerprint density at radius 3 is 2.00 bits per heavy atom. The zero-order chi connectivity index (χ0) is 4.28. The summed E-state index contributed by atoms with van der Waals surface area (Å²) in [6.45, 7) is 0. The van der Waals surface area contributed by atoms with Crippen molar-refractivity contribution in [2.75, 3.05) is 0 Å². The Morgan fingerprint density at radius 1 is 1.80 bits per heavy atom. The second-order valence-corrected chi connectivity index (χ2v) is 4.18. The second kappa shape index (κ2) is 3.34. The molecule has 2 N–H and O–H groups in total. The highest BCUT2D eigenvalue weighted by Gasteiger charge is 1.92. The van der Waals surface area contributed by atoms with E-state index in [0.29, 0.717) is 0 Å². The molecule has 0 heterocycles. The lowest BCUT2D eigenvalue weighted by Gasteiger charge is -1.83. The van der Waals surface area contributed by atoms with Crippen molar-refractivity contribution >= 4 is 34.9 Å². The maximum absolute atomic E-state index is 8.11. The van der Waals surface area contributed by atoms with E-state index in [1.54, 1.807) is 22.0 Å². The maximum Gasteiger partial charge on any atom is 0.367 e. The van der Waals surface area contributed by atoms with Gasteiger partial charge in [-0.3, -0.25) is 0 Å². The normalized spacial score (nSPS) is 14.2. The molecule has 0 rings (SSSR count). The fraction of sp³-hybridized carbons (Fsp3) is 0. The van der Waals surface area contributed by atoms with E-state index in [1.807, 2.05) is 0 Å². The minimum absolute atomic E-state index is 0.774. The van der Waals surface area contributed by atoms with Gasteiger partial charge in [0.05, 0.1) is 5.67 Å². The summed E-state index contributed by atoms with van der Waals surface area (Å²) < 4.78 is 0. The maximum atomic E-state index is 8.11. The van der Waals surface area contributed by atoms with Gasteiger partial charge in [0.1, 0.15) is 0 Å². The molecule has 0 aromatic heterocycles. The Bertz CT molecular complexity index is 23.6. The van der Waals surface area contributed by atoms with Gasteiger partial charge in [-0.2, -0.15) is 0 Å². The SMILES string of the molecule is O[B]P(O)I. The summed E-state index contributed by atoms with van der Waals surface area (Å²) in [7, 11) is 0.774. The van der Waals surface area contributed by atoms with E-state index in [2.05, 4.69) is 0 Å². The predicted molar refractivity (Wildman–Crippen MR) is 31.1 cm³/mol. The van der Waals surface area contributed by atoms with Crippen molar-refractivity contribution in [3.8, 4) is 0 Å². The molecule has 1 unspecified atom stereocenters.